The van der Waals surface area contributed by atoms with Gasteiger partial charge in [-0.05, 0) is 25.0 Å². The molecule has 1 fully saturated rings. The monoisotopic (exact) mass is 247 g/mol. The molecule has 0 spiro atoms. The number of carbonyl (C=O) groups is 2. The van der Waals surface area contributed by atoms with Gasteiger partial charge in [-0.1, -0.05) is 25.0 Å². The highest BCUT2D eigenvalue weighted by atomic mass is 16.3. The van der Waals surface area contributed by atoms with Gasteiger partial charge >= 0.3 is 0 Å². The fraction of sp³-hybridized carbons (Fsp3) is 0.429. The Morgan fingerprint density at radius 3 is 2.83 bits per heavy atom. The number of nitrogens with one attached hydrogen (secondary N) is 1. The summed E-state index contributed by atoms with van der Waals surface area (Å²) >= 11 is 0. The van der Waals surface area contributed by atoms with Crippen LogP contribution in [0.15, 0.2) is 24.3 Å². The van der Waals surface area contributed by atoms with Crippen LogP contribution in [0.5, 0.6) is 0 Å². The summed E-state index contributed by atoms with van der Waals surface area (Å²) in [4.78, 5) is 22.6. The first-order chi connectivity index (χ1) is 8.70. The van der Waals surface area contributed by atoms with Crippen LogP contribution in [-0.4, -0.2) is 29.4 Å². The molecule has 4 nitrogen and oxygen atoms in total. The lowest BCUT2D eigenvalue weighted by Gasteiger charge is -2.28. The second-order valence-electron chi connectivity index (χ2n) is 4.68. The molecule has 2 atom stereocenters. The Labute approximate surface area is 106 Å². The molecular weight excluding hydrogens is 230 g/mol. The average Bonchev–Trinajstić information content (AvgIpc) is 2.41. The van der Waals surface area contributed by atoms with Gasteiger partial charge in [0.1, 0.15) is 6.29 Å². The summed E-state index contributed by atoms with van der Waals surface area (Å²) in [7, 11) is 0. The molecular formula is C14H17NO3. The number of aliphatic hydroxyl groups excluding tert-OH is 1. The van der Waals surface area contributed by atoms with Gasteiger partial charge in [-0.25, -0.2) is 0 Å². The van der Waals surface area contributed by atoms with E-state index in [9.17, 15) is 14.7 Å². The average molecular weight is 247 g/mol. The van der Waals surface area contributed by atoms with E-state index in [1.54, 1.807) is 24.3 Å². The van der Waals surface area contributed by atoms with Crippen LogP contribution in [0.1, 0.15) is 46.4 Å². The molecule has 0 heterocycles. The number of amides is 1. The van der Waals surface area contributed by atoms with E-state index in [1.165, 1.54) is 0 Å². The highest BCUT2D eigenvalue weighted by molar-refractivity contribution is 5.95. The minimum absolute atomic E-state index is 0.175. The van der Waals surface area contributed by atoms with Gasteiger partial charge in [0, 0.05) is 11.1 Å². The van der Waals surface area contributed by atoms with E-state index >= 15 is 0 Å². The molecule has 0 aromatic heterocycles. The smallest absolute Gasteiger partial charge is 0.251 e. The molecule has 0 bridgehead atoms. The number of aldehydes is 1. The molecule has 1 saturated carbocycles. The lowest BCUT2D eigenvalue weighted by Crippen LogP contribution is -2.45. The molecule has 1 aromatic carbocycles. The van der Waals surface area contributed by atoms with Crippen molar-refractivity contribution in [3.8, 4) is 0 Å². The van der Waals surface area contributed by atoms with Gasteiger partial charge in [0.05, 0.1) is 12.1 Å². The molecule has 0 aliphatic heterocycles. The van der Waals surface area contributed by atoms with Crippen LogP contribution in [0.3, 0.4) is 0 Å². The van der Waals surface area contributed by atoms with Gasteiger partial charge in [-0.3, -0.25) is 9.59 Å². The molecule has 1 aromatic rings. The van der Waals surface area contributed by atoms with Gasteiger partial charge in [0.25, 0.3) is 5.91 Å². The highest BCUT2D eigenvalue weighted by Gasteiger charge is 2.24. The van der Waals surface area contributed by atoms with Crippen molar-refractivity contribution >= 4 is 12.2 Å². The third-order valence-corrected chi connectivity index (χ3v) is 3.33. The molecule has 0 saturated heterocycles. The zero-order valence-corrected chi connectivity index (χ0v) is 10.1. The Bertz CT molecular complexity index is 444. The fourth-order valence-corrected chi connectivity index (χ4v) is 2.28. The van der Waals surface area contributed by atoms with Gasteiger partial charge in [0.2, 0.25) is 0 Å². The third kappa shape index (κ3) is 2.96. The summed E-state index contributed by atoms with van der Waals surface area (Å²) in [5.41, 5.74) is 0.934. The quantitative estimate of drug-likeness (QED) is 0.796. The fourth-order valence-electron chi connectivity index (χ4n) is 2.28. The van der Waals surface area contributed by atoms with Crippen LogP contribution >= 0.6 is 0 Å². The van der Waals surface area contributed by atoms with Gasteiger partial charge < -0.3 is 10.4 Å². The van der Waals surface area contributed by atoms with Crippen molar-refractivity contribution in [3.63, 3.8) is 0 Å². The zero-order chi connectivity index (χ0) is 13.0. The van der Waals surface area contributed by atoms with E-state index in [0.717, 1.165) is 25.7 Å². The summed E-state index contributed by atoms with van der Waals surface area (Å²) in [6, 6.07) is 6.37. The highest BCUT2D eigenvalue weighted by Crippen LogP contribution is 2.18. The maximum atomic E-state index is 12.0. The van der Waals surface area contributed by atoms with Crippen LogP contribution in [0, 0.1) is 0 Å². The number of hydrogen-bond acceptors (Lipinski definition) is 3. The SMILES string of the molecule is O=Cc1cccc(C(=O)N[C@H]2CCCC[C@@H]2O)c1. The van der Waals surface area contributed by atoms with E-state index in [0.29, 0.717) is 17.4 Å². The second-order valence-corrected chi connectivity index (χ2v) is 4.68. The van der Waals surface area contributed by atoms with Crippen LogP contribution in [-0.2, 0) is 0 Å². The van der Waals surface area contributed by atoms with Crippen LogP contribution in [0.4, 0.5) is 0 Å². The second kappa shape index (κ2) is 5.78. The van der Waals surface area contributed by atoms with E-state index < -0.39 is 6.10 Å². The Hall–Kier alpha value is -1.68. The van der Waals surface area contributed by atoms with Crippen LogP contribution in [0.2, 0.25) is 0 Å². The lowest BCUT2D eigenvalue weighted by atomic mass is 9.92. The summed E-state index contributed by atoms with van der Waals surface area (Å²) in [6.07, 6.45) is 3.83. The van der Waals surface area contributed by atoms with Crippen molar-refractivity contribution in [2.75, 3.05) is 0 Å². The summed E-state index contributed by atoms with van der Waals surface area (Å²) in [5.74, 6) is -0.232. The zero-order valence-electron chi connectivity index (χ0n) is 10.1. The van der Waals surface area contributed by atoms with Crippen LogP contribution in [0.25, 0.3) is 0 Å². The van der Waals surface area contributed by atoms with E-state index in [2.05, 4.69) is 5.32 Å². The number of carbonyl (C=O) groups excluding carboxylic acids is 2. The summed E-state index contributed by atoms with van der Waals surface area (Å²) in [5, 5.41) is 12.6. The van der Waals surface area contributed by atoms with E-state index in [1.807, 2.05) is 0 Å². The normalized spacial score (nSPS) is 23.4. The first-order valence-corrected chi connectivity index (χ1v) is 6.25. The Morgan fingerprint density at radius 2 is 2.11 bits per heavy atom. The van der Waals surface area contributed by atoms with Gasteiger partial charge in [-0.2, -0.15) is 0 Å². The number of aliphatic hydroxyl groups is 1. The minimum Gasteiger partial charge on any atom is -0.391 e. The van der Waals surface area contributed by atoms with Crippen LogP contribution < -0.4 is 5.32 Å². The largest absolute Gasteiger partial charge is 0.391 e. The van der Waals surface area contributed by atoms with E-state index in [4.69, 9.17) is 0 Å². The molecule has 1 aliphatic carbocycles. The molecule has 0 unspecified atom stereocenters. The van der Waals surface area contributed by atoms with Gasteiger partial charge in [0.15, 0.2) is 0 Å². The van der Waals surface area contributed by atoms with Crippen molar-refractivity contribution < 1.29 is 14.7 Å². The molecule has 96 valence electrons. The molecule has 1 amide bonds. The van der Waals surface area contributed by atoms with Crippen molar-refractivity contribution in [1.82, 2.24) is 5.32 Å². The molecule has 1 aliphatic rings. The Kier molecular flexibility index (Phi) is 4.10. The predicted molar refractivity (Wildman–Crippen MR) is 67.6 cm³/mol. The van der Waals surface area contributed by atoms with Crippen molar-refractivity contribution in [3.05, 3.63) is 35.4 Å². The maximum Gasteiger partial charge on any atom is 0.251 e. The standard InChI is InChI=1S/C14H17NO3/c16-9-10-4-3-5-11(8-10)14(18)15-12-6-1-2-7-13(12)17/h3-5,8-9,12-13,17H,1-2,6-7H2,(H,15,18)/t12-,13-/m0/s1. The topological polar surface area (TPSA) is 66.4 Å². The van der Waals surface area contributed by atoms with Crippen molar-refractivity contribution in [2.24, 2.45) is 0 Å². The number of hydrogen-bond donors (Lipinski definition) is 2. The first kappa shape index (κ1) is 12.8. The van der Waals surface area contributed by atoms with Gasteiger partial charge in [-0.15, -0.1) is 0 Å². The summed E-state index contributed by atoms with van der Waals surface area (Å²) in [6.45, 7) is 0. The first-order valence-electron chi connectivity index (χ1n) is 6.25. The number of benzene rings is 1. The third-order valence-electron chi connectivity index (χ3n) is 3.33. The molecule has 2 N–H and O–H groups in total. The Balaban J connectivity index is 2.04. The predicted octanol–water partition coefficient (Wildman–Crippen LogP) is 1.53. The molecule has 0 radical (unpaired) electrons. The number of rotatable bonds is 3. The molecule has 4 heteroatoms. The maximum absolute atomic E-state index is 12.0. The minimum atomic E-state index is -0.461. The van der Waals surface area contributed by atoms with E-state index in [-0.39, 0.29) is 11.9 Å². The molecule has 2 rings (SSSR count). The summed E-state index contributed by atoms with van der Waals surface area (Å²) < 4.78 is 0. The lowest BCUT2D eigenvalue weighted by molar-refractivity contribution is 0.0717. The van der Waals surface area contributed by atoms with Crippen molar-refractivity contribution in [2.45, 2.75) is 37.8 Å². The Morgan fingerprint density at radius 1 is 1.33 bits per heavy atom. The molecule has 18 heavy (non-hydrogen) atoms. The van der Waals surface area contributed by atoms with Crippen molar-refractivity contribution in [1.29, 1.82) is 0 Å².